The summed E-state index contributed by atoms with van der Waals surface area (Å²) in [5.74, 6) is 1.40. The molecule has 0 spiro atoms. The van der Waals surface area contributed by atoms with E-state index >= 15 is 0 Å². The van der Waals surface area contributed by atoms with Gasteiger partial charge in [0.1, 0.15) is 5.75 Å². The fraction of sp³-hybridized carbons (Fsp3) is 0.364. The molecule has 0 atom stereocenters. The first-order valence-electron chi connectivity index (χ1n) is 14.8. The summed E-state index contributed by atoms with van der Waals surface area (Å²) in [6.07, 6.45) is 10.3. The lowest BCUT2D eigenvalue weighted by Gasteiger charge is -2.36. The summed E-state index contributed by atoms with van der Waals surface area (Å²) in [5, 5.41) is 10.6. The van der Waals surface area contributed by atoms with Crippen LogP contribution in [0.4, 0.5) is 17.3 Å². The largest absolute Gasteiger partial charge is 0.493 e. The molecule has 0 unspecified atom stereocenters. The molecule has 220 valence electrons. The molecule has 42 heavy (non-hydrogen) atoms. The summed E-state index contributed by atoms with van der Waals surface area (Å²) in [7, 11) is 2.17. The molecule has 1 fully saturated rings. The molecule has 2 aliphatic rings. The lowest BCUT2D eigenvalue weighted by Crippen LogP contribution is -2.46. The maximum absolute atomic E-state index is 11.9. The third-order valence-corrected chi connectivity index (χ3v) is 7.71. The maximum Gasteiger partial charge on any atom is 0.245 e. The number of anilines is 3. The average molecular weight is 568 g/mol. The Kier molecular flexibility index (Phi) is 10.2. The van der Waals surface area contributed by atoms with Crippen LogP contribution in [0.1, 0.15) is 24.8 Å². The van der Waals surface area contributed by atoms with E-state index in [1.807, 2.05) is 35.2 Å². The van der Waals surface area contributed by atoms with Crippen LogP contribution in [0, 0.1) is 0 Å². The lowest BCUT2D eigenvalue weighted by molar-refractivity contribution is -0.127. The highest BCUT2D eigenvalue weighted by Gasteiger charge is 2.23. The minimum Gasteiger partial charge on any atom is -0.493 e. The zero-order valence-electron chi connectivity index (χ0n) is 24.4. The molecule has 9 nitrogen and oxygen atoms in total. The number of ether oxygens (including phenoxy) is 1. The van der Waals surface area contributed by atoms with Crippen LogP contribution in [0.15, 0.2) is 79.5 Å². The Morgan fingerprint density at radius 2 is 2.07 bits per heavy atom. The van der Waals surface area contributed by atoms with E-state index in [4.69, 9.17) is 9.72 Å². The van der Waals surface area contributed by atoms with Gasteiger partial charge in [-0.2, -0.15) is 0 Å². The second kappa shape index (κ2) is 14.6. The van der Waals surface area contributed by atoms with Crippen molar-refractivity contribution in [1.29, 1.82) is 0 Å². The number of aromatic nitrogens is 2. The molecule has 9 heteroatoms. The third kappa shape index (κ3) is 8.18. The standard InChI is InChI=1S/C33H41N7O2/c1-3-32(41)40-16-11-29(12-17-40)39(2)18-15-35-27-20-25-21-28(23-27)37-33-36-14-10-31(38-33)26-8-7-9-30(22-26)42-19-6-4-5-13-34-24-25/h3-5,7-10,14,20-23,29,34-35H,1,6,11-13,15-19,24H2,2H3,(H,36,37,38)/b5-4+. The topological polar surface area (TPSA) is 94.7 Å². The SMILES string of the molecule is C=CC(=O)N1CCC(N(C)CCNc2cc3cc(c2)Nc2nccc(n2)-c2cccc(c2)OCC/C=C/CNC3)CC1. The van der Waals surface area contributed by atoms with Crippen LogP contribution >= 0.6 is 0 Å². The van der Waals surface area contributed by atoms with Crippen LogP contribution in [-0.4, -0.2) is 78.1 Å². The molecule has 6 bridgehead atoms. The lowest BCUT2D eigenvalue weighted by atomic mass is 10.0. The van der Waals surface area contributed by atoms with Crippen molar-refractivity contribution in [1.82, 2.24) is 25.1 Å². The van der Waals surface area contributed by atoms with E-state index < -0.39 is 0 Å². The van der Waals surface area contributed by atoms with Crippen LogP contribution in [0.25, 0.3) is 11.3 Å². The molecule has 0 radical (unpaired) electrons. The quantitative estimate of drug-likeness (QED) is 0.288. The number of piperidine rings is 1. The summed E-state index contributed by atoms with van der Waals surface area (Å²) < 4.78 is 5.95. The molecule has 1 saturated heterocycles. The Bertz CT molecular complexity index is 1380. The van der Waals surface area contributed by atoms with E-state index in [2.05, 4.69) is 69.8 Å². The van der Waals surface area contributed by atoms with Crippen LogP contribution in [0.2, 0.25) is 0 Å². The monoisotopic (exact) mass is 567 g/mol. The number of likely N-dealkylation sites (N-methyl/N-ethyl adjacent to an activating group) is 1. The Hall–Kier alpha value is -4.21. The molecule has 1 amide bonds. The molecule has 3 heterocycles. The number of hydrogen-bond donors (Lipinski definition) is 3. The summed E-state index contributed by atoms with van der Waals surface area (Å²) in [5.41, 5.74) is 4.95. The first-order chi connectivity index (χ1) is 20.6. The highest BCUT2D eigenvalue weighted by atomic mass is 16.5. The minimum atomic E-state index is 0.0303. The Labute approximate surface area is 248 Å². The van der Waals surface area contributed by atoms with Crippen LogP contribution in [0.5, 0.6) is 5.75 Å². The van der Waals surface area contributed by atoms with Crippen LogP contribution < -0.4 is 20.7 Å². The molecule has 2 aliphatic heterocycles. The van der Waals surface area contributed by atoms with Gasteiger partial charge in [-0.05, 0) is 74.3 Å². The van der Waals surface area contributed by atoms with Crippen molar-refractivity contribution in [2.75, 3.05) is 57.0 Å². The molecule has 3 aromatic rings. The second-order valence-electron chi connectivity index (χ2n) is 10.7. The average Bonchev–Trinajstić information content (AvgIpc) is 3.02. The van der Waals surface area contributed by atoms with Gasteiger partial charge >= 0.3 is 0 Å². The number of rotatable bonds is 6. The van der Waals surface area contributed by atoms with Gasteiger partial charge in [-0.1, -0.05) is 30.9 Å². The van der Waals surface area contributed by atoms with Crippen molar-refractivity contribution in [2.24, 2.45) is 0 Å². The van der Waals surface area contributed by atoms with Gasteiger partial charge in [-0.3, -0.25) is 4.79 Å². The summed E-state index contributed by atoms with van der Waals surface area (Å²) >= 11 is 0. The summed E-state index contributed by atoms with van der Waals surface area (Å²) in [6.45, 7) is 9.04. The Morgan fingerprint density at radius 1 is 1.19 bits per heavy atom. The number of amides is 1. The zero-order chi connectivity index (χ0) is 29.1. The molecule has 0 aliphatic carbocycles. The van der Waals surface area contributed by atoms with Gasteiger partial charge < -0.3 is 30.5 Å². The normalized spacial score (nSPS) is 16.9. The number of carbonyl (C=O) groups is 1. The van der Waals surface area contributed by atoms with Crippen LogP contribution in [-0.2, 0) is 11.3 Å². The van der Waals surface area contributed by atoms with Crippen molar-refractivity contribution >= 4 is 23.2 Å². The number of carbonyl (C=O) groups excluding carboxylic acids is 1. The maximum atomic E-state index is 11.9. The first-order valence-corrected chi connectivity index (χ1v) is 14.8. The predicted molar refractivity (Wildman–Crippen MR) is 169 cm³/mol. The number of benzene rings is 2. The van der Waals surface area contributed by atoms with Gasteiger partial charge in [0.25, 0.3) is 0 Å². The number of likely N-dealkylation sites (tertiary alicyclic amines) is 1. The van der Waals surface area contributed by atoms with E-state index in [1.54, 1.807) is 6.20 Å². The molecular formula is C33H41N7O2. The van der Waals surface area contributed by atoms with Crippen molar-refractivity contribution in [3.63, 3.8) is 0 Å². The van der Waals surface area contributed by atoms with Gasteiger partial charge in [0.05, 0.1) is 12.3 Å². The Balaban J connectivity index is 1.27. The molecular weight excluding hydrogens is 526 g/mol. The van der Waals surface area contributed by atoms with E-state index in [-0.39, 0.29) is 5.91 Å². The minimum absolute atomic E-state index is 0.0303. The van der Waals surface area contributed by atoms with E-state index in [0.29, 0.717) is 18.6 Å². The fourth-order valence-electron chi connectivity index (χ4n) is 5.38. The highest BCUT2D eigenvalue weighted by Crippen LogP contribution is 2.26. The van der Waals surface area contributed by atoms with Crippen molar-refractivity contribution in [2.45, 2.75) is 31.8 Å². The fourth-order valence-corrected chi connectivity index (χ4v) is 5.38. The van der Waals surface area contributed by atoms with E-state index in [9.17, 15) is 4.79 Å². The van der Waals surface area contributed by atoms with E-state index in [0.717, 1.165) is 92.5 Å². The molecule has 3 N–H and O–H groups in total. The number of nitrogens with one attached hydrogen (secondary N) is 3. The first kappa shape index (κ1) is 29.3. The molecule has 5 rings (SSSR count). The summed E-state index contributed by atoms with van der Waals surface area (Å²) in [4.78, 5) is 25.5. The predicted octanol–water partition coefficient (Wildman–Crippen LogP) is 4.84. The number of fused-ring (bicyclic) bond motifs is 7. The number of hydrogen-bond acceptors (Lipinski definition) is 8. The van der Waals surface area contributed by atoms with Gasteiger partial charge in [0.2, 0.25) is 11.9 Å². The van der Waals surface area contributed by atoms with Gasteiger partial charge in [-0.25, -0.2) is 9.97 Å². The van der Waals surface area contributed by atoms with Crippen molar-refractivity contribution in [3.8, 4) is 17.0 Å². The van der Waals surface area contributed by atoms with Crippen molar-refractivity contribution < 1.29 is 9.53 Å². The van der Waals surface area contributed by atoms with E-state index in [1.165, 1.54) is 6.08 Å². The zero-order valence-corrected chi connectivity index (χ0v) is 24.4. The Morgan fingerprint density at radius 3 is 2.93 bits per heavy atom. The smallest absolute Gasteiger partial charge is 0.245 e. The molecule has 0 saturated carbocycles. The second-order valence-corrected chi connectivity index (χ2v) is 10.7. The highest BCUT2D eigenvalue weighted by molar-refractivity contribution is 5.87. The molecule has 1 aromatic heterocycles. The van der Waals surface area contributed by atoms with Gasteiger partial charge in [0, 0.05) is 68.4 Å². The van der Waals surface area contributed by atoms with Crippen LogP contribution in [0.3, 0.4) is 0 Å². The third-order valence-electron chi connectivity index (χ3n) is 7.71. The molecule has 2 aromatic carbocycles. The summed E-state index contributed by atoms with van der Waals surface area (Å²) in [6, 6.07) is 16.8. The van der Waals surface area contributed by atoms with Gasteiger partial charge in [0.15, 0.2) is 0 Å². The number of nitrogens with zero attached hydrogens (tertiary/aromatic N) is 4. The van der Waals surface area contributed by atoms with Gasteiger partial charge in [-0.15, -0.1) is 0 Å². The van der Waals surface area contributed by atoms with Crippen molar-refractivity contribution in [3.05, 3.63) is 85.1 Å².